The Morgan fingerprint density at radius 3 is 1.26 bits per heavy atom. The summed E-state index contributed by atoms with van der Waals surface area (Å²) in [5, 5.41) is 43.1. The van der Waals surface area contributed by atoms with E-state index in [4.69, 9.17) is 0 Å². The van der Waals surface area contributed by atoms with E-state index in [0.29, 0.717) is 12.8 Å². The zero-order valence-electron chi connectivity index (χ0n) is 28.5. The van der Waals surface area contributed by atoms with Gasteiger partial charge in [-0.3, -0.25) is 4.79 Å². The molecule has 6 heteroatoms. The van der Waals surface area contributed by atoms with Crippen molar-refractivity contribution in [1.29, 1.82) is 0 Å². The van der Waals surface area contributed by atoms with Crippen molar-refractivity contribution in [2.75, 3.05) is 6.61 Å². The number of aliphatic hydroxyl groups is 4. The lowest BCUT2D eigenvalue weighted by molar-refractivity contribution is -0.131. The first-order chi connectivity index (χ1) is 21.0. The molecule has 0 saturated heterocycles. The van der Waals surface area contributed by atoms with Crippen LogP contribution in [0, 0.1) is 0 Å². The Balaban J connectivity index is 3.84. The Morgan fingerprint density at radius 2 is 0.884 bits per heavy atom. The van der Waals surface area contributed by atoms with E-state index in [1.165, 1.54) is 134 Å². The molecule has 0 aliphatic carbocycles. The molecule has 0 aromatic heterocycles. The Labute approximate surface area is 266 Å². The molecule has 0 heterocycles. The fourth-order valence-electron chi connectivity index (χ4n) is 5.67. The molecule has 256 valence electrons. The molecular weight excluding hydrogens is 538 g/mol. The lowest BCUT2D eigenvalue weighted by atomic mass is 10.0. The number of amides is 1. The van der Waals surface area contributed by atoms with Crippen LogP contribution in [0.3, 0.4) is 0 Å². The molecule has 6 nitrogen and oxygen atoms in total. The van der Waals surface area contributed by atoms with Crippen LogP contribution in [0.2, 0.25) is 0 Å². The van der Waals surface area contributed by atoms with Crippen LogP contribution in [0.15, 0.2) is 12.2 Å². The minimum Gasteiger partial charge on any atom is -0.394 e. The van der Waals surface area contributed by atoms with Gasteiger partial charge in [-0.2, -0.15) is 0 Å². The summed E-state index contributed by atoms with van der Waals surface area (Å²) in [4.78, 5) is 12.4. The second-order valence-electron chi connectivity index (χ2n) is 13.0. The van der Waals surface area contributed by atoms with Crippen LogP contribution in [0.25, 0.3) is 0 Å². The molecule has 0 rings (SSSR count). The van der Waals surface area contributed by atoms with Gasteiger partial charge in [0, 0.05) is 0 Å². The summed E-state index contributed by atoms with van der Waals surface area (Å²) in [6.45, 7) is 4.05. The maximum absolute atomic E-state index is 12.4. The van der Waals surface area contributed by atoms with Gasteiger partial charge in [-0.05, 0) is 12.8 Å². The van der Waals surface area contributed by atoms with Gasteiger partial charge in [-0.1, -0.05) is 187 Å². The van der Waals surface area contributed by atoms with Crippen LogP contribution in [0.5, 0.6) is 0 Å². The van der Waals surface area contributed by atoms with E-state index in [1.54, 1.807) is 6.08 Å². The van der Waals surface area contributed by atoms with Gasteiger partial charge in [0.1, 0.15) is 6.10 Å². The second kappa shape index (κ2) is 32.4. The van der Waals surface area contributed by atoms with Crippen LogP contribution in [0.4, 0.5) is 0 Å². The molecule has 0 bridgehead atoms. The van der Waals surface area contributed by atoms with E-state index in [0.717, 1.165) is 32.1 Å². The lowest BCUT2D eigenvalue weighted by Crippen LogP contribution is -2.48. The van der Waals surface area contributed by atoms with E-state index in [-0.39, 0.29) is 0 Å². The molecular formula is C37H73NO5. The summed E-state index contributed by atoms with van der Waals surface area (Å²) in [6.07, 6.45) is 32.4. The van der Waals surface area contributed by atoms with Crippen molar-refractivity contribution in [3.63, 3.8) is 0 Å². The van der Waals surface area contributed by atoms with E-state index in [9.17, 15) is 25.2 Å². The summed E-state index contributed by atoms with van der Waals surface area (Å²) in [5.41, 5.74) is 0. The first-order valence-electron chi connectivity index (χ1n) is 18.6. The highest BCUT2D eigenvalue weighted by atomic mass is 16.3. The summed E-state index contributed by atoms with van der Waals surface area (Å²) in [7, 11) is 0. The monoisotopic (exact) mass is 612 g/mol. The number of nitrogens with one attached hydrogen (secondary N) is 1. The number of hydrogen-bond acceptors (Lipinski definition) is 5. The highest BCUT2D eigenvalue weighted by molar-refractivity contribution is 5.80. The molecule has 1 amide bonds. The van der Waals surface area contributed by atoms with Crippen LogP contribution < -0.4 is 5.32 Å². The first kappa shape index (κ1) is 42.0. The number of rotatable bonds is 33. The smallest absolute Gasteiger partial charge is 0.249 e. The third-order valence-electron chi connectivity index (χ3n) is 8.70. The summed E-state index contributed by atoms with van der Waals surface area (Å²) in [6, 6.07) is -0.913. The summed E-state index contributed by atoms with van der Waals surface area (Å²) in [5.74, 6) is -0.567. The number of carbonyl (C=O) groups is 1. The lowest BCUT2D eigenvalue weighted by Gasteiger charge is -2.22. The minimum absolute atomic E-state index is 0.381. The number of carbonyl (C=O) groups excluding carboxylic acids is 1. The quantitative estimate of drug-likeness (QED) is 0.0377. The van der Waals surface area contributed by atoms with Gasteiger partial charge in [0.25, 0.3) is 0 Å². The number of unbranched alkanes of at least 4 members (excludes halogenated alkanes) is 23. The Bertz CT molecular complexity index is 614. The minimum atomic E-state index is -1.14. The van der Waals surface area contributed by atoms with Gasteiger partial charge in [-0.25, -0.2) is 0 Å². The van der Waals surface area contributed by atoms with Crippen molar-refractivity contribution in [2.45, 2.75) is 212 Å². The average molecular weight is 612 g/mol. The van der Waals surface area contributed by atoms with E-state index < -0.39 is 36.9 Å². The molecule has 0 aromatic carbocycles. The van der Waals surface area contributed by atoms with Crippen molar-refractivity contribution in [3.05, 3.63) is 12.2 Å². The standard InChI is InChI=1S/C37H73NO5/c1-3-5-7-9-11-13-15-16-17-18-19-21-23-25-27-29-36(42)37(43)38-34(32-39)35(41)31-30-33(40)28-26-24-22-20-14-12-10-8-6-4-2/h30-31,33-36,39-42H,3-29,32H2,1-2H3,(H,38,43)/b31-30+/t33-,34+,35-,36?/m1/s1. The first-order valence-corrected chi connectivity index (χ1v) is 18.6. The maximum Gasteiger partial charge on any atom is 0.249 e. The van der Waals surface area contributed by atoms with Crippen molar-refractivity contribution in [1.82, 2.24) is 5.32 Å². The Morgan fingerprint density at radius 1 is 0.535 bits per heavy atom. The van der Waals surface area contributed by atoms with Gasteiger partial charge in [-0.15, -0.1) is 0 Å². The van der Waals surface area contributed by atoms with Crippen LogP contribution in [-0.2, 0) is 4.79 Å². The second-order valence-corrected chi connectivity index (χ2v) is 13.0. The van der Waals surface area contributed by atoms with Gasteiger partial charge in [0.05, 0.1) is 24.9 Å². The zero-order valence-corrected chi connectivity index (χ0v) is 28.5. The third kappa shape index (κ3) is 28.3. The van der Waals surface area contributed by atoms with Gasteiger partial charge in [0.2, 0.25) is 5.91 Å². The number of hydrogen-bond donors (Lipinski definition) is 5. The Kier molecular flexibility index (Phi) is 31.7. The summed E-state index contributed by atoms with van der Waals surface area (Å²) < 4.78 is 0. The predicted molar refractivity (Wildman–Crippen MR) is 182 cm³/mol. The van der Waals surface area contributed by atoms with Crippen molar-refractivity contribution >= 4 is 5.91 Å². The molecule has 5 N–H and O–H groups in total. The molecule has 0 aromatic rings. The van der Waals surface area contributed by atoms with E-state index in [2.05, 4.69) is 19.2 Å². The molecule has 0 aliphatic rings. The van der Waals surface area contributed by atoms with Crippen LogP contribution in [0.1, 0.15) is 187 Å². The molecule has 4 atom stereocenters. The SMILES string of the molecule is CCCCCCCCCCCCCCCCCC(O)C(=O)N[C@@H](CO)[C@H](O)/C=C/[C@H](O)CCCCCCCCCCCC. The molecule has 0 saturated carbocycles. The topological polar surface area (TPSA) is 110 Å². The predicted octanol–water partition coefficient (Wildman–Crippen LogP) is 8.67. The molecule has 0 aliphatic heterocycles. The van der Waals surface area contributed by atoms with Crippen molar-refractivity contribution in [2.24, 2.45) is 0 Å². The largest absolute Gasteiger partial charge is 0.394 e. The third-order valence-corrected chi connectivity index (χ3v) is 8.70. The normalized spacial score (nSPS) is 14.7. The summed E-state index contributed by atoms with van der Waals surface area (Å²) >= 11 is 0. The van der Waals surface area contributed by atoms with E-state index in [1.807, 2.05) is 0 Å². The zero-order chi connectivity index (χ0) is 31.8. The fourth-order valence-corrected chi connectivity index (χ4v) is 5.67. The average Bonchev–Trinajstić information content (AvgIpc) is 3.01. The van der Waals surface area contributed by atoms with Gasteiger partial charge >= 0.3 is 0 Å². The maximum atomic E-state index is 12.4. The highest BCUT2D eigenvalue weighted by Gasteiger charge is 2.22. The fraction of sp³-hybridized carbons (Fsp3) is 0.919. The van der Waals surface area contributed by atoms with Gasteiger partial charge < -0.3 is 25.7 Å². The number of aliphatic hydroxyl groups excluding tert-OH is 4. The molecule has 0 fully saturated rings. The molecule has 0 radical (unpaired) electrons. The van der Waals surface area contributed by atoms with Crippen molar-refractivity contribution < 1.29 is 25.2 Å². The van der Waals surface area contributed by atoms with Gasteiger partial charge in [0.15, 0.2) is 0 Å². The van der Waals surface area contributed by atoms with Crippen LogP contribution in [-0.4, -0.2) is 57.3 Å². The van der Waals surface area contributed by atoms with Crippen molar-refractivity contribution in [3.8, 4) is 0 Å². The Hall–Kier alpha value is -0.950. The molecule has 0 spiro atoms. The molecule has 1 unspecified atom stereocenters. The molecule has 43 heavy (non-hydrogen) atoms. The van der Waals surface area contributed by atoms with Crippen LogP contribution >= 0.6 is 0 Å². The highest BCUT2D eigenvalue weighted by Crippen LogP contribution is 2.15. The van der Waals surface area contributed by atoms with E-state index >= 15 is 0 Å².